The van der Waals surface area contributed by atoms with Crippen LogP contribution in [0.3, 0.4) is 0 Å². The van der Waals surface area contributed by atoms with Gasteiger partial charge in [-0.1, -0.05) is 12.1 Å². The molecule has 0 aromatic heterocycles. The maximum absolute atomic E-state index is 13.5. The normalized spacial score (nSPS) is 21.1. The summed E-state index contributed by atoms with van der Waals surface area (Å²) in [4.78, 5) is 30.2. The third kappa shape index (κ3) is 4.30. The van der Waals surface area contributed by atoms with Crippen LogP contribution in [0, 0.1) is 0 Å². The molecule has 0 bridgehead atoms. The van der Waals surface area contributed by atoms with E-state index in [9.17, 15) is 18.0 Å². The Bertz CT molecular complexity index is 1170. The van der Waals surface area contributed by atoms with E-state index in [1.54, 1.807) is 29.2 Å². The first-order valence-electron chi connectivity index (χ1n) is 11.9. The van der Waals surface area contributed by atoms with Crippen LogP contribution < -0.4 is 9.64 Å². The Hall–Kier alpha value is -2.91. The lowest BCUT2D eigenvalue weighted by molar-refractivity contribution is -0.139. The number of nitrogens with zero attached hydrogens (tertiary/aromatic N) is 3. The first-order chi connectivity index (χ1) is 16.4. The number of hydrogen-bond donors (Lipinski definition) is 0. The second kappa shape index (κ2) is 9.38. The molecule has 180 valence electrons. The number of hydrogen-bond acceptors (Lipinski definition) is 5. The smallest absolute Gasteiger partial charge is 0.265 e. The van der Waals surface area contributed by atoms with Gasteiger partial charge in [-0.25, -0.2) is 8.42 Å². The zero-order chi connectivity index (χ0) is 23.7. The lowest BCUT2D eigenvalue weighted by atomic mass is 10.1. The molecule has 8 nitrogen and oxygen atoms in total. The molecule has 2 aromatic carbocycles. The Morgan fingerprint density at radius 1 is 0.824 bits per heavy atom. The number of para-hydroxylation sites is 2. The van der Waals surface area contributed by atoms with Crippen molar-refractivity contribution >= 4 is 27.5 Å². The van der Waals surface area contributed by atoms with Gasteiger partial charge in [0, 0.05) is 31.7 Å². The summed E-state index contributed by atoms with van der Waals surface area (Å²) in [7, 11) is -3.55. The molecule has 34 heavy (non-hydrogen) atoms. The van der Waals surface area contributed by atoms with Crippen LogP contribution in [0.5, 0.6) is 5.75 Å². The highest BCUT2D eigenvalue weighted by atomic mass is 32.2. The molecule has 2 aromatic rings. The molecular weight excluding hydrogens is 454 g/mol. The van der Waals surface area contributed by atoms with Crippen molar-refractivity contribution in [1.82, 2.24) is 9.21 Å². The minimum absolute atomic E-state index is 0.0981. The fourth-order valence-corrected chi connectivity index (χ4v) is 6.39. The second-order valence-corrected chi connectivity index (χ2v) is 10.9. The minimum Gasteiger partial charge on any atom is -0.476 e. The summed E-state index contributed by atoms with van der Waals surface area (Å²) in [6, 6.07) is 13.3. The minimum atomic E-state index is -3.55. The molecule has 0 radical (unpaired) electrons. The zero-order valence-corrected chi connectivity index (χ0v) is 19.9. The van der Waals surface area contributed by atoms with Gasteiger partial charge >= 0.3 is 0 Å². The van der Waals surface area contributed by atoms with Crippen LogP contribution in [0.4, 0.5) is 5.69 Å². The van der Waals surface area contributed by atoms with Gasteiger partial charge in [0.25, 0.3) is 11.8 Å². The molecule has 0 saturated carbocycles. The summed E-state index contributed by atoms with van der Waals surface area (Å²) >= 11 is 0. The molecule has 5 rings (SSSR count). The van der Waals surface area contributed by atoms with Gasteiger partial charge in [-0.15, -0.1) is 0 Å². The molecular formula is C25H29N3O5S. The average Bonchev–Trinajstić information content (AvgIpc) is 3.44. The van der Waals surface area contributed by atoms with Gasteiger partial charge in [-0.05, 0) is 68.5 Å². The molecule has 3 aliphatic rings. The zero-order valence-electron chi connectivity index (χ0n) is 19.1. The molecule has 0 unspecified atom stereocenters. The number of likely N-dealkylation sites (tertiary alicyclic amines) is 1. The highest BCUT2D eigenvalue weighted by molar-refractivity contribution is 7.89. The molecule has 2 fully saturated rings. The van der Waals surface area contributed by atoms with Crippen molar-refractivity contribution in [3.8, 4) is 5.75 Å². The van der Waals surface area contributed by atoms with Gasteiger partial charge in [0.05, 0.1) is 17.1 Å². The summed E-state index contributed by atoms with van der Waals surface area (Å²) in [6.07, 6.45) is 4.03. The molecule has 2 amide bonds. The number of anilines is 1. The predicted molar refractivity (Wildman–Crippen MR) is 127 cm³/mol. The van der Waals surface area contributed by atoms with Crippen molar-refractivity contribution in [2.75, 3.05) is 37.6 Å². The second-order valence-electron chi connectivity index (χ2n) is 9.01. The number of benzene rings is 2. The molecule has 3 aliphatic heterocycles. The summed E-state index contributed by atoms with van der Waals surface area (Å²) < 4.78 is 33.1. The largest absolute Gasteiger partial charge is 0.476 e. The fourth-order valence-electron chi connectivity index (χ4n) is 4.88. The van der Waals surface area contributed by atoms with E-state index >= 15 is 0 Å². The molecule has 0 N–H and O–H groups in total. The van der Waals surface area contributed by atoms with Crippen molar-refractivity contribution in [1.29, 1.82) is 0 Å². The Labute approximate surface area is 200 Å². The van der Waals surface area contributed by atoms with Crippen molar-refractivity contribution in [2.45, 2.75) is 43.1 Å². The lowest BCUT2D eigenvalue weighted by Crippen LogP contribution is -2.52. The SMILES string of the molecule is O=C([C@H]1CN(C(=O)c2ccc(S(=O)(=O)N3CCCC3)cc2)c2ccccc2O1)N1CCCCC1. The number of piperidine rings is 1. The molecule has 9 heteroatoms. The van der Waals surface area contributed by atoms with E-state index in [0.29, 0.717) is 43.2 Å². The van der Waals surface area contributed by atoms with Gasteiger partial charge in [-0.2, -0.15) is 4.31 Å². The Morgan fingerprint density at radius 3 is 2.18 bits per heavy atom. The van der Waals surface area contributed by atoms with Crippen LogP contribution in [0.25, 0.3) is 0 Å². The van der Waals surface area contributed by atoms with Gasteiger partial charge in [-0.3, -0.25) is 9.59 Å². The first kappa shape index (κ1) is 22.9. The standard InChI is InChI=1S/C25H29N3O5S/c29-24(19-10-12-20(13-11-19)34(31,32)27-16-6-7-17-27)28-18-23(25(30)26-14-4-1-5-15-26)33-22-9-3-2-8-21(22)28/h2-3,8-13,23H,1,4-7,14-18H2/t23-/m1/s1. The van der Waals surface area contributed by atoms with E-state index in [0.717, 1.165) is 32.1 Å². The summed E-state index contributed by atoms with van der Waals surface area (Å²) in [6.45, 7) is 2.58. The highest BCUT2D eigenvalue weighted by Crippen LogP contribution is 2.35. The first-order valence-corrected chi connectivity index (χ1v) is 13.4. The van der Waals surface area contributed by atoms with E-state index in [2.05, 4.69) is 0 Å². The molecule has 2 saturated heterocycles. The third-order valence-corrected chi connectivity index (χ3v) is 8.68. The van der Waals surface area contributed by atoms with Crippen LogP contribution in [-0.2, 0) is 14.8 Å². The molecule has 1 atom stereocenters. The Morgan fingerprint density at radius 2 is 1.47 bits per heavy atom. The van der Waals surface area contributed by atoms with Crippen LogP contribution >= 0.6 is 0 Å². The van der Waals surface area contributed by atoms with Crippen LogP contribution in [0.1, 0.15) is 42.5 Å². The van der Waals surface area contributed by atoms with E-state index in [-0.39, 0.29) is 23.3 Å². The topological polar surface area (TPSA) is 87.2 Å². The highest BCUT2D eigenvalue weighted by Gasteiger charge is 2.37. The third-order valence-electron chi connectivity index (χ3n) is 6.77. The van der Waals surface area contributed by atoms with Crippen LogP contribution in [-0.4, -0.2) is 68.3 Å². The number of sulfonamides is 1. The number of amides is 2. The van der Waals surface area contributed by atoms with Gasteiger partial charge in [0.15, 0.2) is 6.10 Å². The molecule has 0 aliphatic carbocycles. The summed E-state index contributed by atoms with van der Waals surface area (Å²) in [5, 5.41) is 0. The van der Waals surface area contributed by atoms with Crippen molar-refractivity contribution < 1.29 is 22.7 Å². The quantitative estimate of drug-likeness (QED) is 0.667. The van der Waals surface area contributed by atoms with Crippen LogP contribution in [0.2, 0.25) is 0 Å². The van der Waals surface area contributed by atoms with E-state index in [4.69, 9.17) is 4.74 Å². The van der Waals surface area contributed by atoms with Crippen molar-refractivity contribution in [2.24, 2.45) is 0 Å². The summed E-state index contributed by atoms with van der Waals surface area (Å²) in [5.74, 6) is 0.0991. The van der Waals surface area contributed by atoms with Gasteiger partial charge in [0.2, 0.25) is 10.0 Å². The number of rotatable bonds is 4. The van der Waals surface area contributed by atoms with E-state index in [1.165, 1.54) is 16.4 Å². The van der Waals surface area contributed by atoms with Crippen molar-refractivity contribution in [3.05, 3.63) is 54.1 Å². The number of carbonyl (C=O) groups is 2. The number of fused-ring (bicyclic) bond motifs is 1. The molecule has 3 heterocycles. The van der Waals surface area contributed by atoms with E-state index in [1.807, 2.05) is 17.0 Å². The Balaban J connectivity index is 1.39. The fraction of sp³-hybridized carbons (Fsp3) is 0.440. The maximum atomic E-state index is 13.5. The lowest BCUT2D eigenvalue weighted by Gasteiger charge is -2.37. The van der Waals surface area contributed by atoms with Crippen LogP contribution in [0.15, 0.2) is 53.4 Å². The number of ether oxygens (including phenoxy) is 1. The van der Waals surface area contributed by atoms with Gasteiger partial charge in [0.1, 0.15) is 5.75 Å². The number of carbonyl (C=O) groups excluding carboxylic acids is 2. The summed E-state index contributed by atoms with van der Waals surface area (Å²) in [5.41, 5.74) is 0.963. The Kier molecular flexibility index (Phi) is 6.31. The maximum Gasteiger partial charge on any atom is 0.265 e. The molecule has 0 spiro atoms. The average molecular weight is 484 g/mol. The predicted octanol–water partition coefficient (Wildman–Crippen LogP) is 2.89. The van der Waals surface area contributed by atoms with E-state index < -0.39 is 16.1 Å². The van der Waals surface area contributed by atoms with Gasteiger partial charge < -0.3 is 14.5 Å². The monoisotopic (exact) mass is 483 g/mol. The van der Waals surface area contributed by atoms with Crippen molar-refractivity contribution in [3.63, 3.8) is 0 Å².